The van der Waals surface area contributed by atoms with E-state index in [2.05, 4.69) is 4.52 Å². The molecule has 1 unspecified atom stereocenters. The molecule has 0 aromatic rings. The van der Waals surface area contributed by atoms with E-state index in [0.29, 0.717) is 0 Å². The van der Waals surface area contributed by atoms with Crippen molar-refractivity contribution >= 4 is 8.25 Å². The minimum atomic E-state index is -2.72. The number of aliphatic hydroxyl groups excluding tert-OH is 2. The molecule has 0 aromatic heterocycles. The predicted octanol–water partition coefficient (Wildman–Crippen LogP) is -0.994. The largest absolute Gasteiger partial charge is 0.695 e. The van der Waals surface area contributed by atoms with Gasteiger partial charge >= 0.3 is 8.25 Å². The summed E-state index contributed by atoms with van der Waals surface area (Å²) < 4.78 is 13.9. The van der Waals surface area contributed by atoms with Crippen LogP contribution in [0.25, 0.3) is 0 Å². The van der Waals surface area contributed by atoms with E-state index in [1.165, 1.54) is 0 Å². The fourth-order valence-corrected chi connectivity index (χ4v) is 0.640. The van der Waals surface area contributed by atoms with Crippen molar-refractivity contribution in [2.45, 2.75) is 6.10 Å². The van der Waals surface area contributed by atoms with Crippen LogP contribution in [0.15, 0.2) is 0 Å². The Morgan fingerprint density at radius 2 is 1.89 bits per heavy atom. The molecule has 0 amide bonds. The molecule has 0 aromatic carbocycles. The quantitative estimate of drug-likeness (QED) is 0.453. The zero-order valence-corrected chi connectivity index (χ0v) is 5.49. The Hall–Kier alpha value is -0.0600. The van der Waals surface area contributed by atoms with Gasteiger partial charge in [-0.05, 0) is 0 Å². The van der Waals surface area contributed by atoms with E-state index in [9.17, 15) is 4.57 Å². The van der Waals surface area contributed by atoms with Gasteiger partial charge in [0.1, 0.15) is 0 Å². The standard InChI is InChI=1S/C3H7O5P/c4-1-3(2-5)8-9(6)7/h3-5H,1-2H2/p+1. The van der Waals surface area contributed by atoms with Crippen molar-refractivity contribution in [1.29, 1.82) is 0 Å². The molecular weight excluding hydrogens is 147 g/mol. The van der Waals surface area contributed by atoms with E-state index in [-0.39, 0.29) is 0 Å². The SMILES string of the molecule is O=[P+](O)OC(CO)CO. The molecule has 5 nitrogen and oxygen atoms in total. The third kappa shape index (κ3) is 4.44. The van der Waals surface area contributed by atoms with Gasteiger partial charge in [0, 0.05) is 4.57 Å². The van der Waals surface area contributed by atoms with E-state index in [1.54, 1.807) is 0 Å². The van der Waals surface area contributed by atoms with Crippen LogP contribution in [0.1, 0.15) is 0 Å². The second-order valence-corrected chi connectivity index (χ2v) is 2.02. The van der Waals surface area contributed by atoms with Gasteiger partial charge in [-0.15, -0.1) is 9.42 Å². The lowest BCUT2D eigenvalue weighted by Gasteiger charge is -1.98. The minimum absolute atomic E-state index is 0.460. The molecular formula is C3H8O5P+. The molecule has 0 aliphatic carbocycles. The monoisotopic (exact) mass is 155 g/mol. The molecule has 0 aliphatic rings. The van der Waals surface area contributed by atoms with Crippen molar-refractivity contribution in [2.24, 2.45) is 0 Å². The molecule has 6 heteroatoms. The van der Waals surface area contributed by atoms with Crippen molar-refractivity contribution < 1.29 is 24.2 Å². The highest BCUT2D eigenvalue weighted by Crippen LogP contribution is 2.16. The van der Waals surface area contributed by atoms with Crippen LogP contribution in [0.4, 0.5) is 0 Å². The molecule has 0 saturated carbocycles. The maximum atomic E-state index is 9.83. The van der Waals surface area contributed by atoms with Crippen LogP contribution in [-0.4, -0.2) is 34.4 Å². The lowest BCUT2D eigenvalue weighted by molar-refractivity contribution is 0.0603. The summed E-state index contributed by atoms with van der Waals surface area (Å²) in [4.78, 5) is 8.05. The summed E-state index contributed by atoms with van der Waals surface area (Å²) in [5.41, 5.74) is 0. The summed E-state index contributed by atoms with van der Waals surface area (Å²) >= 11 is 0. The van der Waals surface area contributed by atoms with E-state index in [0.717, 1.165) is 0 Å². The fourth-order valence-electron chi connectivity index (χ4n) is 0.252. The molecule has 0 rings (SSSR count). The molecule has 0 spiro atoms. The zero-order chi connectivity index (χ0) is 7.28. The van der Waals surface area contributed by atoms with Gasteiger partial charge in [0.05, 0.1) is 13.2 Å². The van der Waals surface area contributed by atoms with E-state index >= 15 is 0 Å². The number of hydrogen-bond donors (Lipinski definition) is 3. The first-order valence-electron chi connectivity index (χ1n) is 2.25. The second-order valence-electron chi connectivity index (χ2n) is 1.33. The second kappa shape index (κ2) is 4.78. The Morgan fingerprint density at radius 3 is 2.00 bits per heavy atom. The van der Waals surface area contributed by atoms with Crippen molar-refractivity contribution in [3.8, 4) is 0 Å². The highest BCUT2D eigenvalue weighted by molar-refractivity contribution is 7.32. The Morgan fingerprint density at radius 1 is 1.44 bits per heavy atom. The van der Waals surface area contributed by atoms with Crippen LogP contribution in [-0.2, 0) is 9.09 Å². The fraction of sp³-hybridized carbons (Fsp3) is 1.00. The first-order chi connectivity index (χ1) is 4.20. The highest BCUT2D eigenvalue weighted by atomic mass is 31.1. The first-order valence-corrected chi connectivity index (χ1v) is 3.38. The maximum Gasteiger partial charge on any atom is 0.695 e. The molecule has 3 N–H and O–H groups in total. The summed E-state index contributed by atoms with van der Waals surface area (Å²) in [6.07, 6.45) is -0.946. The normalized spacial score (nSPS) is 12.2. The molecule has 0 radical (unpaired) electrons. The first kappa shape index (κ1) is 8.94. The Balaban J connectivity index is 3.43. The molecule has 0 bridgehead atoms. The van der Waals surface area contributed by atoms with Crippen LogP contribution < -0.4 is 0 Å². The van der Waals surface area contributed by atoms with E-state index in [1.807, 2.05) is 0 Å². The molecule has 0 saturated heterocycles. The predicted molar refractivity (Wildman–Crippen MR) is 28.9 cm³/mol. The lowest BCUT2D eigenvalue weighted by atomic mass is 10.4. The van der Waals surface area contributed by atoms with Crippen molar-refractivity contribution in [3.63, 3.8) is 0 Å². The summed E-state index contributed by atoms with van der Waals surface area (Å²) in [6, 6.07) is 0. The topological polar surface area (TPSA) is 87.0 Å². The average molecular weight is 155 g/mol. The third-order valence-electron chi connectivity index (χ3n) is 0.647. The summed E-state index contributed by atoms with van der Waals surface area (Å²) in [7, 11) is -2.72. The van der Waals surface area contributed by atoms with Crippen molar-refractivity contribution in [3.05, 3.63) is 0 Å². The van der Waals surface area contributed by atoms with Gasteiger partial charge in [-0.3, -0.25) is 0 Å². The number of rotatable bonds is 4. The average Bonchev–Trinajstić information content (AvgIpc) is 1.82. The van der Waals surface area contributed by atoms with E-state index in [4.69, 9.17) is 15.1 Å². The van der Waals surface area contributed by atoms with Gasteiger partial charge < -0.3 is 10.2 Å². The van der Waals surface area contributed by atoms with Gasteiger partial charge in [-0.25, -0.2) is 0 Å². The maximum absolute atomic E-state index is 9.83. The molecule has 0 heterocycles. The molecule has 1 atom stereocenters. The van der Waals surface area contributed by atoms with Crippen molar-refractivity contribution in [2.75, 3.05) is 13.2 Å². The van der Waals surface area contributed by atoms with Crippen LogP contribution in [0.5, 0.6) is 0 Å². The molecule has 54 valence electrons. The molecule has 0 aliphatic heterocycles. The Labute approximate surface area is 52.8 Å². The summed E-state index contributed by atoms with van der Waals surface area (Å²) in [6.45, 7) is -0.920. The van der Waals surface area contributed by atoms with Crippen LogP contribution >= 0.6 is 8.25 Å². The van der Waals surface area contributed by atoms with Crippen LogP contribution in [0.2, 0.25) is 0 Å². The van der Waals surface area contributed by atoms with Gasteiger partial charge in [0.25, 0.3) is 0 Å². The van der Waals surface area contributed by atoms with Crippen LogP contribution in [0.3, 0.4) is 0 Å². The van der Waals surface area contributed by atoms with Crippen molar-refractivity contribution in [1.82, 2.24) is 0 Å². The van der Waals surface area contributed by atoms with Gasteiger partial charge in [0.15, 0.2) is 6.10 Å². The zero-order valence-electron chi connectivity index (χ0n) is 4.60. The summed E-state index contributed by atoms with van der Waals surface area (Å²) in [5, 5.41) is 16.5. The highest BCUT2D eigenvalue weighted by Gasteiger charge is 2.20. The van der Waals surface area contributed by atoms with Crippen LogP contribution in [0, 0.1) is 0 Å². The van der Waals surface area contributed by atoms with Gasteiger partial charge in [0.2, 0.25) is 0 Å². The Bertz CT molecular complexity index is 90.2. The minimum Gasteiger partial charge on any atom is -0.393 e. The van der Waals surface area contributed by atoms with Gasteiger partial charge in [-0.1, -0.05) is 0 Å². The molecule has 9 heavy (non-hydrogen) atoms. The van der Waals surface area contributed by atoms with Gasteiger partial charge in [-0.2, -0.15) is 0 Å². The smallest absolute Gasteiger partial charge is 0.393 e. The lowest BCUT2D eigenvalue weighted by Crippen LogP contribution is -2.18. The van der Waals surface area contributed by atoms with E-state index < -0.39 is 27.6 Å². The molecule has 0 fully saturated rings. The number of aliphatic hydroxyl groups is 2. The third-order valence-corrected chi connectivity index (χ3v) is 1.13. The summed E-state index contributed by atoms with van der Waals surface area (Å²) in [5.74, 6) is 0. The number of hydrogen-bond acceptors (Lipinski definition) is 4. The Kier molecular flexibility index (Phi) is 4.75.